The summed E-state index contributed by atoms with van der Waals surface area (Å²) in [6.07, 6.45) is 0.972. The van der Waals surface area contributed by atoms with Crippen molar-refractivity contribution in [2.75, 3.05) is 26.5 Å². The van der Waals surface area contributed by atoms with Crippen LogP contribution in [0.3, 0.4) is 0 Å². The summed E-state index contributed by atoms with van der Waals surface area (Å²) in [5.41, 5.74) is 7.80. The highest BCUT2D eigenvalue weighted by molar-refractivity contribution is 5.97. The van der Waals surface area contributed by atoms with E-state index in [0.717, 1.165) is 0 Å². The molecule has 0 unspecified atom stereocenters. The van der Waals surface area contributed by atoms with Crippen LogP contribution in [0.2, 0.25) is 0 Å². The summed E-state index contributed by atoms with van der Waals surface area (Å²) in [5, 5.41) is 16.7. The third-order valence-electron chi connectivity index (χ3n) is 4.71. The SMILES string of the molecule is COc1ccc(C(=O)NCCCc2nn(-c3ccc(F)cc3)c(N)c2C#N)c(OC)c1. The lowest BCUT2D eigenvalue weighted by Gasteiger charge is -2.10. The standard InChI is InChI=1S/C22H22FN5O3/c1-30-16-9-10-17(20(12-16)31-2)22(29)26-11-3-4-19-18(13-24)21(25)28(27-19)15-7-5-14(23)6-8-15/h5-10,12H,3-4,11,25H2,1-2H3,(H,26,29). The van der Waals surface area contributed by atoms with Crippen LogP contribution in [0.5, 0.6) is 11.5 Å². The van der Waals surface area contributed by atoms with Crippen molar-refractivity contribution in [3.8, 4) is 23.3 Å². The van der Waals surface area contributed by atoms with Gasteiger partial charge in [0, 0.05) is 12.6 Å². The first-order chi connectivity index (χ1) is 15.0. The number of nitriles is 1. The van der Waals surface area contributed by atoms with Crippen molar-refractivity contribution in [3.05, 3.63) is 65.1 Å². The Kier molecular flexibility index (Phi) is 6.72. The zero-order valence-corrected chi connectivity index (χ0v) is 17.2. The van der Waals surface area contributed by atoms with Gasteiger partial charge in [-0.05, 0) is 49.2 Å². The van der Waals surface area contributed by atoms with E-state index >= 15 is 0 Å². The number of halogens is 1. The minimum Gasteiger partial charge on any atom is -0.497 e. The van der Waals surface area contributed by atoms with Crippen LogP contribution in [0.25, 0.3) is 5.69 Å². The average Bonchev–Trinajstić information content (AvgIpc) is 3.11. The number of benzene rings is 2. The van der Waals surface area contributed by atoms with Gasteiger partial charge in [0.05, 0.1) is 31.2 Å². The van der Waals surface area contributed by atoms with Gasteiger partial charge in [-0.1, -0.05) is 0 Å². The molecule has 0 aliphatic carbocycles. The second-order valence-electron chi connectivity index (χ2n) is 6.63. The van der Waals surface area contributed by atoms with Gasteiger partial charge in [-0.3, -0.25) is 4.79 Å². The molecule has 3 aromatic rings. The molecule has 1 aromatic heterocycles. The predicted molar refractivity (Wildman–Crippen MR) is 113 cm³/mol. The van der Waals surface area contributed by atoms with Gasteiger partial charge >= 0.3 is 0 Å². The molecular formula is C22H22FN5O3. The van der Waals surface area contributed by atoms with E-state index in [2.05, 4.69) is 16.5 Å². The highest BCUT2D eigenvalue weighted by atomic mass is 19.1. The average molecular weight is 423 g/mol. The lowest BCUT2D eigenvalue weighted by Crippen LogP contribution is -2.25. The van der Waals surface area contributed by atoms with Crippen molar-refractivity contribution >= 4 is 11.7 Å². The van der Waals surface area contributed by atoms with Gasteiger partial charge in [-0.25, -0.2) is 9.07 Å². The third kappa shape index (κ3) is 4.75. The maximum atomic E-state index is 13.2. The molecule has 0 saturated carbocycles. The Bertz CT molecular complexity index is 1120. The lowest BCUT2D eigenvalue weighted by atomic mass is 10.1. The van der Waals surface area contributed by atoms with Crippen LogP contribution in [0, 0.1) is 17.1 Å². The van der Waals surface area contributed by atoms with E-state index in [0.29, 0.717) is 47.8 Å². The first-order valence-corrected chi connectivity index (χ1v) is 9.52. The Labute approximate surface area is 179 Å². The molecule has 160 valence electrons. The van der Waals surface area contributed by atoms with Gasteiger partial charge in [0.25, 0.3) is 5.91 Å². The van der Waals surface area contributed by atoms with Crippen molar-refractivity contribution in [1.82, 2.24) is 15.1 Å². The Balaban J connectivity index is 1.65. The number of carbonyl (C=O) groups is 1. The molecule has 2 aromatic carbocycles. The molecule has 0 aliphatic rings. The zero-order chi connectivity index (χ0) is 22.4. The summed E-state index contributed by atoms with van der Waals surface area (Å²) in [5.74, 6) is 0.535. The van der Waals surface area contributed by atoms with E-state index in [1.54, 1.807) is 18.2 Å². The Hall–Kier alpha value is -4.06. The molecular weight excluding hydrogens is 401 g/mol. The normalized spacial score (nSPS) is 10.4. The van der Waals surface area contributed by atoms with E-state index in [1.165, 1.54) is 43.2 Å². The Morgan fingerprint density at radius 1 is 1.23 bits per heavy atom. The number of carbonyl (C=O) groups excluding carboxylic acids is 1. The van der Waals surface area contributed by atoms with E-state index in [4.69, 9.17) is 15.2 Å². The third-order valence-corrected chi connectivity index (χ3v) is 4.71. The summed E-state index contributed by atoms with van der Waals surface area (Å²) in [6, 6.07) is 12.7. The van der Waals surface area contributed by atoms with Gasteiger partial charge in [-0.2, -0.15) is 10.4 Å². The van der Waals surface area contributed by atoms with Gasteiger partial charge in [0.2, 0.25) is 0 Å². The summed E-state index contributed by atoms with van der Waals surface area (Å²) in [7, 11) is 3.02. The monoisotopic (exact) mass is 423 g/mol. The lowest BCUT2D eigenvalue weighted by molar-refractivity contribution is 0.0950. The molecule has 0 spiro atoms. The Morgan fingerprint density at radius 2 is 1.97 bits per heavy atom. The quantitative estimate of drug-likeness (QED) is 0.539. The highest BCUT2D eigenvalue weighted by Crippen LogP contribution is 2.25. The number of rotatable bonds is 8. The molecule has 9 heteroatoms. The van der Waals surface area contributed by atoms with Crippen molar-refractivity contribution in [2.45, 2.75) is 12.8 Å². The van der Waals surface area contributed by atoms with E-state index in [1.807, 2.05) is 0 Å². The van der Waals surface area contributed by atoms with Crippen LogP contribution in [0.4, 0.5) is 10.2 Å². The van der Waals surface area contributed by atoms with Gasteiger partial charge in [0.1, 0.15) is 34.8 Å². The van der Waals surface area contributed by atoms with Crippen LogP contribution in [0.15, 0.2) is 42.5 Å². The number of amides is 1. The zero-order valence-electron chi connectivity index (χ0n) is 17.2. The van der Waals surface area contributed by atoms with E-state index in [-0.39, 0.29) is 23.1 Å². The van der Waals surface area contributed by atoms with Crippen LogP contribution in [-0.2, 0) is 6.42 Å². The van der Waals surface area contributed by atoms with Gasteiger partial charge in [0.15, 0.2) is 0 Å². The topological polar surface area (TPSA) is 115 Å². The number of methoxy groups -OCH3 is 2. The molecule has 3 rings (SSSR count). The number of anilines is 1. The first-order valence-electron chi connectivity index (χ1n) is 9.52. The fraction of sp³-hybridized carbons (Fsp3) is 0.227. The minimum absolute atomic E-state index is 0.191. The Morgan fingerprint density at radius 3 is 2.61 bits per heavy atom. The second kappa shape index (κ2) is 9.63. The van der Waals surface area contributed by atoms with Crippen molar-refractivity contribution in [3.63, 3.8) is 0 Å². The molecule has 31 heavy (non-hydrogen) atoms. The number of aromatic nitrogens is 2. The van der Waals surface area contributed by atoms with Crippen LogP contribution >= 0.6 is 0 Å². The summed E-state index contributed by atoms with van der Waals surface area (Å²) < 4.78 is 25.0. The summed E-state index contributed by atoms with van der Waals surface area (Å²) >= 11 is 0. The van der Waals surface area contributed by atoms with Crippen molar-refractivity contribution < 1.29 is 18.7 Å². The van der Waals surface area contributed by atoms with Crippen LogP contribution in [0.1, 0.15) is 28.0 Å². The number of hydrogen-bond acceptors (Lipinski definition) is 6. The smallest absolute Gasteiger partial charge is 0.255 e. The number of ether oxygens (including phenoxy) is 2. The van der Waals surface area contributed by atoms with Gasteiger partial charge in [-0.15, -0.1) is 0 Å². The highest BCUT2D eigenvalue weighted by Gasteiger charge is 2.17. The molecule has 0 radical (unpaired) electrons. The number of nitrogen functional groups attached to an aromatic ring is 1. The maximum Gasteiger partial charge on any atom is 0.255 e. The maximum absolute atomic E-state index is 13.2. The molecule has 0 bridgehead atoms. The number of nitrogens with two attached hydrogens (primary N) is 1. The molecule has 8 nitrogen and oxygen atoms in total. The minimum atomic E-state index is -0.376. The molecule has 0 aliphatic heterocycles. The predicted octanol–water partition coefficient (Wildman–Crippen LogP) is 2.85. The molecule has 1 heterocycles. The van der Waals surface area contributed by atoms with Crippen LogP contribution in [-0.4, -0.2) is 36.5 Å². The van der Waals surface area contributed by atoms with Crippen molar-refractivity contribution in [2.24, 2.45) is 0 Å². The fourth-order valence-electron chi connectivity index (χ4n) is 3.09. The van der Waals surface area contributed by atoms with E-state index in [9.17, 15) is 14.4 Å². The van der Waals surface area contributed by atoms with Crippen molar-refractivity contribution in [1.29, 1.82) is 5.26 Å². The summed E-state index contributed by atoms with van der Waals surface area (Å²) in [6.45, 7) is 0.363. The number of nitrogens with zero attached hydrogens (tertiary/aromatic N) is 3. The first kappa shape index (κ1) is 21.6. The van der Waals surface area contributed by atoms with Gasteiger partial charge < -0.3 is 20.5 Å². The number of hydrogen-bond donors (Lipinski definition) is 2. The summed E-state index contributed by atoms with van der Waals surface area (Å²) in [4.78, 5) is 12.5. The molecule has 3 N–H and O–H groups in total. The largest absolute Gasteiger partial charge is 0.497 e. The van der Waals surface area contributed by atoms with Crippen LogP contribution < -0.4 is 20.5 Å². The van der Waals surface area contributed by atoms with E-state index < -0.39 is 0 Å². The molecule has 0 fully saturated rings. The fourth-order valence-corrected chi connectivity index (χ4v) is 3.09. The molecule has 0 saturated heterocycles. The second-order valence-corrected chi connectivity index (χ2v) is 6.63. The molecule has 0 atom stereocenters. The number of nitrogens with one attached hydrogen (secondary N) is 1. The number of aryl methyl sites for hydroxylation is 1. The molecule has 1 amide bonds.